The van der Waals surface area contributed by atoms with Gasteiger partial charge in [0.1, 0.15) is 0 Å². The second kappa shape index (κ2) is 5.13. The van der Waals surface area contributed by atoms with E-state index in [4.69, 9.17) is 0 Å². The van der Waals surface area contributed by atoms with E-state index in [1.54, 1.807) is 6.20 Å². The summed E-state index contributed by atoms with van der Waals surface area (Å²) in [5.74, 6) is 0.129. The van der Waals surface area contributed by atoms with E-state index in [-0.39, 0.29) is 5.78 Å². The SMILES string of the molecule is Cc1nc(C)c(C(=O)Cc2ccnc3ccccc23)s1. The molecule has 3 aromatic rings. The van der Waals surface area contributed by atoms with Gasteiger partial charge in [-0.15, -0.1) is 11.3 Å². The molecule has 20 heavy (non-hydrogen) atoms. The van der Waals surface area contributed by atoms with Gasteiger partial charge < -0.3 is 0 Å². The standard InChI is InChI=1S/C16H14N2OS/c1-10-16(20-11(2)18-10)15(19)9-12-7-8-17-14-6-4-3-5-13(12)14/h3-8H,9H2,1-2H3. The van der Waals surface area contributed by atoms with Crippen molar-refractivity contribution in [1.29, 1.82) is 0 Å². The van der Waals surface area contributed by atoms with Crippen molar-refractivity contribution < 1.29 is 4.79 Å². The van der Waals surface area contributed by atoms with E-state index in [0.717, 1.165) is 32.0 Å². The first-order valence-corrected chi connectivity index (χ1v) is 7.26. The van der Waals surface area contributed by atoms with Crippen LogP contribution in [-0.2, 0) is 6.42 Å². The Morgan fingerprint density at radius 2 is 2.00 bits per heavy atom. The van der Waals surface area contributed by atoms with Gasteiger partial charge in [-0.25, -0.2) is 4.98 Å². The molecule has 0 saturated heterocycles. The summed E-state index contributed by atoms with van der Waals surface area (Å²) in [6.45, 7) is 3.82. The first-order chi connectivity index (χ1) is 9.65. The molecule has 0 amide bonds. The van der Waals surface area contributed by atoms with E-state index >= 15 is 0 Å². The molecule has 100 valence electrons. The number of fused-ring (bicyclic) bond motifs is 1. The van der Waals surface area contributed by atoms with E-state index in [1.807, 2.05) is 44.2 Å². The summed E-state index contributed by atoms with van der Waals surface area (Å²) in [5.41, 5.74) is 2.77. The summed E-state index contributed by atoms with van der Waals surface area (Å²) >= 11 is 1.47. The zero-order chi connectivity index (χ0) is 14.1. The lowest BCUT2D eigenvalue weighted by Gasteiger charge is -2.04. The number of pyridine rings is 1. The maximum atomic E-state index is 12.4. The van der Waals surface area contributed by atoms with Gasteiger partial charge in [0.15, 0.2) is 5.78 Å². The average Bonchev–Trinajstić information content (AvgIpc) is 2.78. The van der Waals surface area contributed by atoms with Gasteiger partial charge in [0.05, 0.1) is 21.1 Å². The van der Waals surface area contributed by atoms with Crippen LogP contribution < -0.4 is 0 Å². The van der Waals surface area contributed by atoms with Crippen molar-refractivity contribution in [1.82, 2.24) is 9.97 Å². The van der Waals surface area contributed by atoms with Crippen LogP contribution in [0.15, 0.2) is 36.5 Å². The molecule has 1 aromatic carbocycles. The number of hydrogen-bond acceptors (Lipinski definition) is 4. The Kier molecular flexibility index (Phi) is 3.32. The maximum Gasteiger partial charge on any atom is 0.179 e. The van der Waals surface area contributed by atoms with Crippen molar-refractivity contribution >= 4 is 28.0 Å². The molecule has 0 saturated carbocycles. The summed E-state index contributed by atoms with van der Waals surface area (Å²) in [7, 11) is 0. The number of aryl methyl sites for hydroxylation is 2. The molecule has 0 aliphatic heterocycles. The van der Waals surface area contributed by atoms with Crippen LogP contribution in [0.1, 0.15) is 25.9 Å². The molecule has 0 atom stereocenters. The van der Waals surface area contributed by atoms with Gasteiger partial charge in [-0.1, -0.05) is 18.2 Å². The van der Waals surface area contributed by atoms with Crippen LogP contribution in [0.4, 0.5) is 0 Å². The predicted molar refractivity (Wildman–Crippen MR) is 81.4 cm³/mol. The minimum Gasteiger partial charge on any atom is -0.293 e. The summed E-state index contributed by atoms with van der Waals surface area (Å²) in [5, 5.41) is 1.98. The van der Waals surface area contributed by atoms with Crippen molar-refractivity contribution in [2.45, 2.75) is 20.3 Å². The van der Waals surface area contributed by atoms with Crippen molar-refractivity contribution in [3.05, 3.63) is 57.7 Å². The van der Waals surface area contributed by atoms with Crippen LogP contribution >= 0.6 is 11.3 Å². The van der Waals surface area contributed by atoms with E-state index in [1.165, 1.54) is 11.3 Å². The maximum absolute atomic E-state index is 12.4. The van der Waals surface area contributed by atoms with E-state index in [0.29, 0.717) is 6.42 Å². The average molecular weight is 282 g/mol. The number of ketones is 1. The van der Waals surface area contributed by atoms with E-state index < -0.39 is 0 Å². The highest BCUT2D eigenvalue weighted by Gasteiger charge is 2.15. The molecule has 0 unspecified atom stereocenters. The summed E-state index contributed by atoms with van der Waals surface area (Å²) < 4.78 is 0. The molecule has 4 heteroatoms. The van der Waals surface area contributed by atoms with Crippen LogP contribution in [0.3, 0.4) is 0 Å². The van der Waals surface area contributed by atoms with Crippen molar-refractivity contribution in [3.8, 4) is 0 Å². The number of hydrogen-bond donors (Lipinski definition) is 0. The Morgan fingerprint density at radius 1 is 1.20 bits per heavy atom. The van der Waals surface area contributed by atoms with Gasteiger partial charge in [0, 0.05) is 18.0 Å². The number of para-hydroxylation sites is 1. The molecule has 2 aromatic heterocycles. The lowest BCUT2D eigenvalue weighted by molar-refractivity contribution is 0.0996. The monoisotopic (exact) mass is 282 g/mol. The quantitative estimate of drug-likeness (QED) is 0.687. The highest BCUT2D eigenvalue weighted by molar-refractivity contribution is 7.13. The fourth-order valence-electron chi connectivity index (χ4n) is 2.35. The van der Waals surface area contributed by atoms with Crippen LogP contribution in [0.2, 0.25) is 0 Å². The second-order valence-electron chi connectivity index (χ2n) is 4.73. The number of nitrogens with zero attached hydrogens (tertiary/aromatic N) is 2. The first-order valence-electron chi connectivity index (χ1n) is 6.45. The highest BCUT2D eigenvalue weighted by Crippen LogP contribution is 2.22. The van der Waals surface area contributed by atoms with Crippen LogP contribution in [-0.4, -0.2) is 15.8 Å². The molecule has 0 spiro atoms. The third-order valence-electron chi connectivity index (χ3n) is 3.25. The van der Waals surface area contributed by atoms with Gasteiger partial charge >= 0.3 is 0 Å². The van der Waals surface area contributed by atoms with Gasteiger partial charge in [-0.2, -0.15) is 0 Å². The summed E-state index contributed by atoms with van der Waals surface area (Å²) in [4.78, 5) is 21.9. The minimum atomic E-state index is 0.129. The van der Waals surface area contributed by atoms with E-state index in [9.17, 15) is 4.79 Å². The molecule has 0 aliphatic rings. The molecule has 0 fully saturated rings. The molecule has 0 aliphatic carbocycles. The highest BCUT2D eigenvalue weighted by atomic mass is 32.1. The number of Topliss-reactive ketones (excluding diaryl/α,β-unsaturated/α-hetero) is 1. The molecule has 0 bridgehead atoms. The zero-order valence-corrected chi connectivity index (χ0v) is 12.2. The molecule has 3 nitrogen and oxygen atoms in total. The van der Waals surface area contributed by atoms with Crippen LogP contribution in [0.5, 0.6) is 0 Å². The number of benzene rings is 1. The Bertz CT molecular complexity index is 787. The molecular formula is C16H14N2OS. The molecule has 0 N–H and O–H groups in total. The topological polar surface area (TPSA) is 42.9 Å². The van der Waals surface area contributed by atoms with Crippen LogP contribution in [0, 0.1) is 13.8 Å². The minimum absolute atomic E-state index is 0.129. The Hall–Kier alpha value is -2.07. The number of rotatable bonds is 3. The van der Waals surface area contributed by atoms with Crippen molar-refractivity contribution in [3.63, 3.8) is 0 Å². The van der Waals surface area contributed by atoms with Gasteiger partial charge in [0.2, 0.25) is 0 Å². The molecular weight excluding hydrogens is 268 g/mol. The normalized spacial score (nSPS) is 10.9. The number of aromatic nitrogens is 2. The third kappa shape index (κ3) is 2.34. The number of carbonyl (C=O) groups is 1. The number of carbonyl (C=O) groups excluding carboxylic acids is 1. The van der Waals surface area contributed by atoms with Crippen molar-refractivity contribution in [2.24, 2.45) is 0 Å². The van der Waals surface area contributed by atoms with Gasteiger partial charge in [-0.05, 0) is 31.5 Å². The zero-order valence-electron chi connectivity index (χ0n) is 11.4. The lowest BCUT2D eigenvalue weighted by Crippen LogP contribution is -2.04. The van der Waals surface area contributed by atoms with Gasteiger partial charge in [0.25, 0.3) is 0 Å². The summed E-state index contributed by atoms with van der Waals surface area (Å²) in [6.07, 6.45) is 2.15. The fraction of sp³-hybridized carbons (Fsp3) is 0.188. The first kappa shape index (κ1) is 12.9. The van der Waals surface area contributed by atoms with E-state index in [2.05, 4.69) is 9.97 Å². The smallest absolute Gasteiger partial charge is 0.179 e. The Balaban J connectivity index is 1.97. The van der Waals surface area contributed by atoms with Crippen LogP contribution in [0.25, 0.3) is 10.9 Å². The Labute approximate surface area is 121 Å². The molecule has 2 heterocycles. The second-order valence-corrected chi connectivity index (χ2v) is 5.94. The third-order valence-corrected chi connectivity index (χ3v) is 4.36. The number of thiazole rings is 1. The van der Waals surface area contributed by atoms with Crippen molar-refractivity contribution in [2.75, 3.05) is 0 Å². The predicted octanol–water partition coefficient (Wildman–Crippen LogP) is 3.73. The van der Waals surface area contributed by atoms with Gasteiger partial charge in [-0.3, -0.25) is 9.78 Å². The summed E-state index contributed by atoms with van der Waals surface area (Å²) in [6, 6.07) is 9.82. The fourth-order valence-corrected chi connectivity index (χ4v) is 3.21. The lowest BCUT2D eigenvalue weighted by atomic mass is 10.0. The Morgan fingerprint density at radius 3 is 2.75 bits per heavy atom. The molecule has 3 rings (SSSR count). The molecule has 0 radical (unpaired) electrons. The largest absolute Gasteiger partial charge is 0.293 e.